The Labute approximate surface area is 176 Å². The van der Waals surface area contributed by atoms with E-state index in [1.54, 1.807) is 5.32 Å². The monoisotopic (exact) mass is 443 g/mol. The minimum atomic E-state index is -5.21. The Balaban J connectivity index is 2.27. The Kier molecular flexibility index (Phi) is 8.03. The van der Waals surface area contributed by atoms with E-state index >= 15 is 0 Å². The molecule has 0 fully saturated rings. The number of aliphatic carboxylic acids is 1. The first-order valence-corrected chi connectivity index (χ1v) is 9.62. The van der Waals surface area contributed by atoms with Gasteiger partial charge in [0.25, 0.3) is 5.91 Å². The van der Waals surface area contributed by atoms with Gasteiger partial charge in [-0.2, -0.15) is 13.2 Å². The topological polar surface area (TPSA) is 122 Å². The fourth-order valence-corrected chi connectivity index (χ4v) is 3.15. The lowest BCUT2D eigenvalue weighted by atomic mass is 9.97. The van der Waals surface area contributed by atoms with Crippen LogP contribution < -0.4 is 11.1 Å². The molecular weight excluding hydrogens is 419 g/mol. The second kappa shape index (κ2) is 10.3. The first kappa shape index (κ1) is 24.2. The minimum absolute atomic E-state index is 0.220. The smallest absolute Gasteiger partial charge is 0.471 e. The van der Waals surface area contributed by atoms with Gasteiger partial charge < -0.3 is 25.8 Å². The Bertz CT molecular complexity index is 829. The van der Waals surface area contributed by atoms with Gasteiger partial charge in [0.1, 0.15) is 0 Å². The number of ether oxygens (including phenoxy) is 1. The van der Waals surface area contributed by atoms with Crippen LogP contribution in [0.1, 0.15) is 18.9 Å². The lowest BCUT2D eigenvalue weighted by Gasteiger charge is -2.37. The molecule has 0 saturated carbocycles. The zero-order chi connectivity index (χ0) is 23.2. The SMILES string of the molecule is CCCN(CCc1ccccc1)C(=O)[C@@H]1OC(C(=O)O)=C[C@H](N)[C@H]1NC(=O)C(F)(F)F. The molecule has 1 aromatic carbocycles. The minimum Gasteiger partial charge on any atom is -0.475 e. The second-order valence-corrected chi connectivity index (χ2v) is 7.01. The summed E-state index contributed by atoms with van der Waals surface area (Å²) in [7, 11) is 0. The summed E-state index contributed by atoms with van der Waals surface area (Å²) in [6.45, 7) is 2.28. The molecule has 170 valence electrons. The van der Waals surface area contributed by atoms with Crippen LogP contribution in [0, 0.1) is 0 Å². The third-order valence-corrected chi connectivity index (χ3v) is 4.67. The zero-order valence-electron chi connectivity index (χ0n) is 16.8. The van der Waals surface area contributed by atoms with Crippen LogP contribution in [0.4, 0.5) is 13.2 Å². The number of benzene rings is 1. The van der Waals surface area contributed by atoms with E-state index in [2.05, 4.69) is 0 Å². The van der Waals surface area contributed by atoms with Gasteiger partial charge in [-0.1, -0.05) is 37.3 Å². The van der Waals surface area contributed by atoms with Gasteiger partial charge in [-0.15, -0.1) is 0 Å². The van der Waals surface area contributed by atoms with E-state index in [-0.39, 0.29) is 13.1 Å². The van der Waals surface area contributed by atoms with Crippen molar-refractivity contribution in [3.8, 4) is 0 Å². The number of alkyl halides is 3. The lowest BCUT2D eigenvalue weighted by Crippen LogP contribution is -2.63. The highest BCUT2D eigenvalue weighted by atomic mass is 19.4. The molecule has 0 spiro atoms. The summed E-state index contributed by atoms with van der Waals surface area (Å²) in [6, 6.07) is 6.24. The number of carboxylic acid groups (broad SMARTS) is 1. The van der Waals surface area contributed by atoms with Crippen LogP contribution in [-0.2, 0) is 25.5 Å². The Hall–Kier alpha value is -3.08. The van der Waals surface area contributed by atoms with Gasteiger partial charge in [-0.05, 0) is 24.5 Å². The molecule has 2 rings (SSSR count). The van der Waals surface area contributed by atoms with Crippen molar-refractivity contribution in [3.63, 3.8) is 0 Å². The van der Waals surface area contributed by atoms with Crippen molar-refractivity contribution in [1.29, 1.82) is 0 Å². The van der Waals surface area contributed by atoms with E-state index in [0.717, 1.165) is 11.6 Å². The van der Waals surface area contributed by atoms with Gasteiger partial charge in [-0.3, -0.25) is 9.59 Å². The number of carbonyl (C=O) groups excluding carboxylic acids is 2. The molecule has 1 aliphatic heterocycles. The number of carbonyl (C=O) groups is 3. The fraction of sp³-hybridized carbons (Fsp3) is 0.450. The molecule has 2 amide bonds. The molecule has 8 nitrogen and oxygen atoms in total. The van der Waals surface area contributed by atoms with Gasteiger partial charge in [-0.25, -0.2) is 4.79 Å². The highest BCUT2D eigenvalue weighted by molar-refractivity contribution is 5.89. The van der Waals surface area contributed by atoms with Gasteiger partial charge >= 0.3 is 18.1 Å². The van der Waals surface area contributed by atoms with Crippen LogP contribution in [-0.4, -0.2) is 65.2 Å². The third kappa shape index (κ3) is 6.45. The lowest BCUT2D eigenvalue weighted by molar-refractivity contribution is -0.176. The van der Waals surface area contributed by atoms with E-state index in [0.29, 0.717) is 12.8 Å². The van der Waals surface area contributed by atoms with Gasteiger partial charge in [0, 0.05) is 13.1 Å². The van der Waals surface area contributed by atoms with Crippen LogP contribution in [0.3, 0.4) is 0 Å². The van der Waals surface area contributed by atoms with Crippen LogP contribution >= 0.6 is 0 Å². The molecule has 0 aliphatic carbocycles. The van der Waals surface area contributed by atoms with Crippen molar-refractivity contribution in [1.82, 2.24) is 10.2 Å². The first-order valence-electron chi connectivity index (χ1n) is 9.62. The maximum Gasteiger partial charge on any atom is 0.471 e. The number of nitrogens with zero attached hydrogens (tertiary/aromatic N) is 1. The first-order chi connectivity index (χ1) is 14.5. The number of hydrogen-bond donors (Lipinski definition) is 3. The third-order valence-electron chi connectivity index (χ3n) is 4.67. The molecule has 1 heterocycles. The van der Waals surface area contributed by atoms with Crippen LogP contribution in [0.5, 0.6) is 0 Å². The van der Waals surface area contributed by atoms with Crippen molar-refractivity contribution in [2.75, 3.05) is 13.1 Å². The number of amides is 2. The van der Waals surface area contributed by atoms with Crippen LogP contribution in [0.15, 0.2) is 42.2 Å². The number of nitrogens with one attached hydrogen (secondary N) is 1. The maximum atomic E-state index is 13.2. The number of hydrogen-bond acceptors (Lipinski definition) is 5. The summed E-state index contributed by atoms with van der Waals surface area (Å²) in [5.41, 5.74) is 6.73. The van der Waals surface area contributed by atoms with Crippen molar-refractivity contribution in [2.45, 2.75) is 44.1 Å². The molecule has 3 atom stereocenters. The van der Waals surface area contributed by atoms with Crippen molar-refractivity contribution < 1.29 is 37.4 Å². The molecule has 0 radical (unpaired) electrons. The molecule has 11 heteroatoms. The summed E-state index contributed by atoms with van der Waals surface area (Å²) in [6.07, 6.45) is -5.06. The van der Waals surface area contributed by atoms with Gasteiger partial charge in [0.05, 0.1) is 12.1 Å². The normalized spacial score (nSPS) is 20.9. The number of halogens is 3. The van der Waals surface area contributed by atoms with Crippen LogP contribution in [0.2, 0.25) is 0 Å². The number of rotatable bonds is 8. The molecule has 0 saturated heterocycles. The number of carboxylic acids is 1. The van der Waals surface area contributed by atoms with E-state index < -0.39 is 47.9 Å². The molecule has 0 unspecified atom stereocenters. The predicted octanol–water partition coefficient (Wildman–Crippen LogP) is 1.21. The van der Waals surface area contributed by atoms with Crippen molar-refractivity contribution >= 4 is 17.8 Å². The van der Waals surface area contributed by atoms with E-state index in [9.17, 15) is 32.7 Å². The van der Waals surface area contributed by atoms with Gasteiger partial charge in [0.15, 0.2) is 6.10 Å². The summed E-state index contributed by atoms with van der Waals surface area (Å²) < 4.78 is 43.5. The molecule has 1 aromatic rings. The number of nitrogens with two attached hydrogens (primary N) is 1. The zero-order valence-corrected chi connectivity index (χ0v) is 16.8. The van der Waals surface area contributed by atoms with Crippen molar-refractivity contribution in [2.24, 2.45) is 5.73 Å². The highest BCUT2D eigenvalue weighted by Gasteiger charge is 2.47. The summed E-state index contributed by atoms with van der Waals surface area (Å²) >= 11 is 0. The highest BCUT2D eigenvalue weighted by Crippen LogP contribution is 2.22. The van der Waals surface area contributed by atoms with E-state index in [1.165, 1.54) is 4.90 Å². The quantitative estimate of drug-likeness (QED) is 0.555. The van der Waals surface area contributed by atoms with Gasteiger partial charge in [0.2, 0.25) is 5.76 Å². The molecule has 0 aromatic heterocycles. The average molecular weight is 443 g/mol. The summed E-state index contributed by atoms with van der Waals surface area (Å²) in [5.74, 6) is -5.25. The largest absolute Gasteiger partial charge is 0.475 e. The molecular formula is C20H24F3N3O5. The average Bonchev–Trinajstić information content (AvgIpc) is 2.71. The van der Waals surface area contributed by atoms with E-state index in [1.807, 2.05) is 37.3 Å². The maximum absolute atomic E-state index is 13.2. The Morgan fingerprint density at radius 1 is 1.19 bits per heavy atom. The molecule has 4 N–H and O–H groups in total. The molecule has 0 bridgehead atoms. The van der Waals surface area contributed by atoms with Crippen molar-refractivity contribution in [3.05, 3.63) is 47.7 Å². The molecule has 1 aliphatic rings. The predicted molar refractivity (Wildman–Crippen MR) is 104 cm³/mol. The Morgan fingerprint density at radius 3 is 2.39 bits per heavy atom. The fourth-order valence-electron chi connectivity index (χ4n) is 3.15. The summed E-state index contributed by atoms with van der Waals surface area (Å²) in [4.78, 5) is 37.3. The van der Waals surface area contributed by atoms with Crippen LogP contribution in [0.25, 0.3) is 0 Å². The van der Waals surface area contributed by atoms with E-state index in [4.69, 9.17) is 10.5 Å². The standard InChI is InChI=1S/C20H24F3N3O5/c1-2-9-26(10-8-12-6-4-3-5-7-12)17(27)16-15(25-19(30)20(21,22)23)13(24)11-14(31-16)18(28)29/h3-7,11,13,15-16H,2,8-10,24H2,1H3,(H,25,30)(H,28,29)/t13-,15+,16+/m0/s1. The second-order valence-electron chi connectivity index (χ2n) is 7.01. The molecule has 31 heavy (non-hydrogen) atoms. The Morgan fingerprint density at radius 2 is 1.84 bits per heavy atom. The summed E-state index contributed by atoms with van der Waals surface area (Å²) in [5, 5.41) is 10.9.